The van der Waals surface area contributed by atoms with E-state index in [9.17, 15) is 28.0 Å². The second-order valence-electron chi connectivity index (χ2n) is 7.33. The molecule has 0 atom stereocenters. The molecular formula is C25H15Br2ClF3N3O3. The van der Waals surface area contributed by atoms with Crippen molar-refractivity contribution in [2.45, 2.75) is 6.18 Å². The molecule has 3 aromatic carbocycles. The van der Waals surface area contributed by atoms with E-state index in [0.29, 0.717) is 19.7 Å². The Bertz CT molecular complexity index is 1420. The quantitative estimate of drug-likeness (QED) is 0.204. The number of amides is 2. The van der Waals surface area contributed by atoms with Crippen molar-refractivity contribution < 1.29 is 27.5 Å². The van der Waals surface area contributed by atoms with Crippen molar-refractivity contribution in [1.82, 2.24) is 0 Å². The summed E-state index contributed by atoms with van der Waals surface area (Å²) >= 11 is 12.7. The third-order valence-electron chi connectivity index (χ3n) is 4.65. The minimum Gasteiger partial charge on any atom is -0.482 e. The Morgan fingerprint density at radius 1 is 1.05 bits per heavy atom. The molecule has 0 spiro atoms. The van der Waals surface area contributed by atoms with Crippen LogP contribution in [0.2, 0.25) is 5.02 Å². The number of carbonyl (C=O) groups is 2. The minimum atomic E-state index is -4.60. The lowest BCUT2D eigenvalue weighted by molar-refractivity contribution is -0.137. The maximum absolute atomic E-state index is 13.0. The van der Waals surface area contributed by atoms with Crippen LogP contribution in [-0.4, -0.2) is 18.4 Å². The van der Waals surface area contributed by atoms with Gasteiger partial charge in [0.2, 0.25) is 0 Å². The second kappa shape index (κ2) is 12.3. The van der Waals surface area contributed by atoms with E-state index in [0.717, 1.165) is 18.2 Å². The molecule has 0 unspecified atom stereocenters. The summed E-state index contributed by atoms with van der Waals surface area (Å²) in [6.45, 7) is -0.426. The number of para-hydroxylation sites is 1. The number of anilines is 2. The molecule has 3 rings (SSSR count). The molecular weight excluding hydrogens is 643 g/mol. The van der Waals surface area contributed by atoms with Gasteiger partial charge in [-0.1, -0.05) is 45.7 Å². The van der Waals surface area contributed by atoms with Crippen molar-refractivity contribution in [2.75, 3.05) is 17.2 Å². The first-order valence-corrected chi connectivity index (χ1v) is 12.2. The Morgan fingerprint density at radius 3 is 2.46 bits per heavy atom. The molecule has 12 heteroatoms. The average Bonchev–Trinajstić information content (AvgIpc) is 2.82. The van der Waals surface area contributed by atoms with Crippen LogP contribution in [0.3, 0.4) is 0 Å². The van der Waals surface area contributed by atoms with E-state index in [1.165, 1.54) is 12.1 Å². The number of alkyl halides is 3. The maximum Gasteiger partial charge on any atom is 0.416 e. The average molecular weight is 658 g/mol. The summed E-state index contributed by atoms with van der Waals surface area (Å²) < 4.78 is 45.6. The molecule has 2 N–H and O–H groups in total. The number of rotatable bonds is 7. The molecule has 190 valence electrons. The van der Waals surface area contributed by atoms with Gasteiger partial charge >= 0.3 is 6.18 Å². The maximum atomic E-state index is 13.0. The van der Waals surface area contributed by atoms with E-state index >= 15 is 0 Å². The van der Waals surface area contributed by atoms with Gasteiger partial charge in [0.15, 0.2) is 6.61 Å². The van der Waals surface area contributed by atoms with E-state index in [4.69, 9.17) is 16.3 Å². The monoisotopic (exact) mass is 655 g/mol. The topological polar surface area (TPSA) is 91.2 Å². The van der Waals surface area contributed by atoms with Crippen molar-refractivity contribution in [3.8, 4) is 11.8 Å². The molecule has 0 aromatic heterocycles. The molecule has 0 aliphatic rings. The van der Waals surface area contributed by atoms with E-state index in [-0.39, 0.29) is 17.0 Å². The lowest BCUT2D eigenvalue weighted by Gasteiger charge is -2.13. The predicted molar refractivity (Wildman–Crippen MR) is 141 cm³/mol. The molecule has 0 bridgehead atoms. The molecule has 0 fully saturated rings. The van der Waals surface area contributed by atoms with Crippen LogP contribution in [0.15, 0.2) is 75.2 Å². The molecule has 2 amide bonds. The Hall–Kier alpha value is -3.33. The van der Waals surface area contributed by atoms with Crippen LogP contribution in [-0.2, 0) is 15.8 Å². The highest BCUT2D eigenvalue weighted by atomic mass is 79.9. The summed E-state index contributed by atoms with van der Waals surface area (Å²) in [5.74, 6) is -1.29. The lowest BCUT2D eigenvalue weighted by atomic mass is 10.1. The van der Waals surface area contributed by atoms with Crippen LogP contribution in [0, 0.1) is 11.3 Å². The molecule has 37 heavy (non-hydrogen) atoms. The number of carbonyl (C=O) groups excluding carboxylic acids is 2. The largest absolute Gasteiger partial charge is 0.482 e. The third-order valence-corrected chi connectivity index (χ3v) is 6.02. The fraction of sp³-hybridized carbons (Fsp3) is 0.0800. The Labute approximate surface area is 231 Å². The number of nitrogens with one attached hydrogen (secondary N) is 2. The molecule has 0 radical (unpaired) electrons. The Balaban J connectivity index is 1.82. The molecule has 0 saturated carbocycles. The van der Waals surface area contributed by atoms with Gasteiger partial charge in [-0.05, 0) is 64.5 Å². The van der Waals surface area contributed by atoms with Gasteiger partial charge in [-0.2, -0.15) is 18.4 Å². The molecule has 0 aliphatic heterocycles. The molecule has 0 saturated heterocycles. The van der Waals surface area contributed by atoms with Gasteiger partial charge in [-0.3, -0.25) is 9.59 Å². The van der Waals surface area contributed by atoms with E-state index in [1.54, 1.807) is 42.5 Å². The van der Waals surface area contributed by atoms with Crippen molar-refractivity contribution in [3.05, 3.63) is 91.3 Å². The number of halogens is 6. The molecule has 6 nitrogen and oxygen atoms in total. The first-order chi connectivity index (χ1) is 17.5. The fourth-order valence-electron chi connectivity index (χ4n) is 3.00. The highest BCUT2D eigenvalue weighted by molar-refractivity contribution is 9.11. The van der Waals surface area contributed by atoms with Gasteiger partial charge in [0.05, 0.1) is 20.7 Å². The molecule has 0 heterocycles. The van der Waals surface area contributed by atoms with Gasteiger partial charge in [0, 0.05) is 15.7 Å². The predicted octanol–water partition coefficient (Wildman–Crippen LogP) is 7.45. The Morgan fingerprint density at radius 2 is 1.78 bits per heavy atom. The number of ether oxygens (including phenoxy) is 1. The summed E-state index contributed by atoms with van der Waals surface area (Å²) in [6.07, 6.45) is -3.40. The number of nitriles is 1. The van der Waals surface area contributed by atoms with Crippen LogP contribution in [0.5, 0.6) is 5.75 Å². The minimum absolute atomic E-state index is 0.135. The number of nitrogens with zero attached hydrogens (tertiary/aromatic N) is 1. The van der Waals surface area contributed by atoms with Crippen LogP contribution >= 0.6 is 43.5 Å². The highest BCUT2D eigenvalue weighted by Gasteiger charge is 2.30. The first kappa shape index (κ1) is 28.2. The van der Waals surface area contributed by atoms with Gasteiger partial charge in [0.25, 0.3) is 11.8 Å². The van der Waals surface area contributed by atoms with Crippen LogP contribution in [0.4, 0.5) is 24.5 Å². The van der Waals surface area contributed by atoms with Gasteiger partial charge in [-0.15, -0.1) is 0 Å². The van der Waals surface area contributed by atoms with Gasteiger partial charge in [-0.25, -0.2) is 0 Å². The standard InChI is InChI=1S/C25H15Br2ClF3N3O3/c26-17-9-14(8-15(12-32)24(36)33-18-5-3-4-16(10-18)25(29,30)31)23(19(27)11-17)37-13-22(35)34-21-7-2-1-6-20(21)28/h1-11H,13H2,(H,33,36)(H,34,35)/b15-8+. The number of benzene rings is 3. The SMILES string of the molecule is N#C/C(=C\c1cc(Br)cc(Br)c1OCC(=O)Nc1ccccc1Cl)C(=O)Nc1cccc(C(F)(F)F)c1. The zero-order valence-electron chi connectivity index (χ0n) is 18.5. The van der Waals surface area contributed by atoms with Gasteiger partial charge in [0.1, 0.15) is 17.4 Å². The summed E-state index contributed by atoms with van der Waals surface area (Å²) in [5.41, 5.74) is -0.848. The zero-order chi connectivity index (χ0) is 27.2. The fourth-order valence-corrected chi connectivity index (χ4v) is 4.56. The molecule has 0 aliphatic carbocycles. The van der Waals surface area contributed by atoms with E-state index < -0.39 is 35.7 Å². The second-order valence-corrected chi connectivity index (χ2v) is 9.50. The first-order valence-electron chi connectivity index (χ1n) is 10.2. The van der Waals surface area contributed by atoms with Gasteiger partial charge < -0.3 is 15.4 Å². The van der Waals surface area contributed by atoms with Crippen LogP contribution in [0.1, 0.15) is 11.1 Å². The number of hydrogen-bond donors (Lipinski definition) is 2. The Kier molecular flexibility index (Phi) is 9.37. The van der Waals surface area contributed by atoms with Crippen LogP contribution in [0.25, 0.3) is 6.08 Å². The van der Waals surface area contributed by atoms with Crippen molar-refractivity contribution >= 4 is 72.7 Å². The molecule has 3 aromatic rings. The summed E-state index contributed by atoms with van der Waals surface area (Å²) in [4.78, 5) is 25.1. The van der Waals surface area contributed by atoms with E-state index in [1.807, 2.05) is 0 Å². The smallest absolute Gasteiger partial charge is 0.416 e. The summed E-state index contributed by atoms with van der Waals surface area (Å²) in [5, 5.41) is 14.8. The summed E-state index contributed by atoms with van der Waals surface area (Å²) in [6, 6.07) is 15.6. The normalized spacial score (nSPS) is 11.4. The van der Waals surface area contributed by atoms with Crippen LogP contribution < -0.4 is 15.4 Å². The van der Waals surface area contributed by atoms with Crippen molar-refractivity contribution in [2.24, 2.45) is 0 Å². The summed E-state index contributed by atoms with van der Waals surface area (Å²) in [7, 11) is 0. The lowest BCUT2D eigenvalue weighted by Crippen LogP contribution is -2.20. The van der Waals surface area contributed by atoms with Crippen molar-refractivity contribution in [1.29, 1.82) is 5.26 Å². The zero-order valence-corrected chi connectivity index (χ0v) is 22.4. The number of hydrogen-bond acceptors (Lipinski definition) is 4. The van der Waals surface area contributed by atoms with Crippen molar-refractivity contribution in [3.63, 3.8) is 0 Å². The third kappa shape index (κ3) is 7.82. The highest BCUT2D eigenvalue weighted by Crippen LogP contribution is 2.35. The van der Waals surface area contributed by atoms with E-state index in [2.05, 4.69) is 42.5 Å².